The molecule has 0 radical (unpaired) electrons. The smallest absolute Gasteiger partial charge is 0.270 e. The molecular weight excluding hydrogens is 370 g/mol. The maximum absolute atomic E-state index is 12.6. The fourth-order valence-corrected chi connectivity index (χ4v) is 3.62. The van der Waals surface area contributed by atoms with E-state index in [1.807, 2.05) is 13.8 Å². The number of nitrogens with zero attached hydrogens (tertiary/aromatic N) is 1. The van der Waals surface area contributed by atoms with E-state index in [-0.39, 0.29) is 28.2 Å². The van der Waals surface area contributed by atoms with Gasteiger partial charge in [-0.2, -0.15) is 0 Å². The highest BCUT2D eigenvalue weighted by atomic mass is 32.2. The van der Waals surface area contributed by atoms with Gasteiger partial charge in [-0.15, -0.1) is 0 Å². The van der Waals surface area contributed by atoms with Crippen molar-refractivity contribution in [2.45, 2.75) is 38.1 Å². The van der Waals surface area contributed by atoms with Crippen LogP contribution in [0, 0.1) is 17.0 Å². The summed E-state index contributed by atoms with van der Waals surface area (Å²) in [5.74, 6) is -0.242. The Morgan fingerprint density at radius 2 is 1.81 bits per heavy atom. The summed E-state index contributed by atoms with van der Waals surface area (Å²) in [7, 11) is -4.01. The van der Waals surface area contributed by atoms with Crippen molar-refractivity contribution in [1.82, 2.24) is 5.32 Å². The molecule has 0 bridgehead atoms. The Bertz CT molecular complexity index is 955. The SMILES string of the molecule is CCC(C)NC(=O)c1ccc(NS(=O)(=O)c2cc([N+](=O)[O-])ccc2C)cc1. The monoisotopic (exact) mass is 391 g/mol. The van der Waals surface area contributed by atoms with Crippen LogP contribution >= 0.6 is 0 Å². The van der Waals surface area contributed by atoms with E-state index in [1.54, 1.807) is 6.92 Å². The van der Waals surface area contributed by atoms with E-state index >= 15 is 0 Å². The van der Waals surface area contributed by atoms with Crippen LogP contribution < -0.4 is 10.0 Å². The summed E-state index contributed by atoms with van der Waals surface area (Å²) >= 11 is 0. The standard InChI is InChI=1S/C18H21N3O5S/c1-4-13(3)19-18(22)14-6-8-15(9-7-14)20-27(25,26)17-11-16(21(23)24)10-5-12(17)2/h5-11,13,20H,4H2,1-3H3,(H,19,22). The van der Waals surface area contributed by atoms with Crippen LogP contribution in [0.1, 0.15) is 36.2 Å². The fourth-order valence-electron chi connectivity index (χ4n) is 2.30. The largest absolute Gasteiger partial charge is 0.350 e. The Labute approximate surface area is 157 Å². The number of rotatable bonds is 7. The first-order valence-electron chi connectivity index (χ1n) is 8.33. The molecule has 1 atom stereocenters. The highest BCUT2D eigenvalue weighted by molar-refractivity contribution is 7.92. The van der Waals surface area contributed by atoms with Crippen LogP contribution in [0.3, 0.4) is 0 Å². The van der Waals surface area contributed by atoms with Gasteiger partial charge in [0.05, 0.1) is 9.82 Å². The summed E-state index contributed by atoms with van der Waals surface area (Å²) < 4.78 is 27.6. The summed E-state index contributed by atoms with van der Waals surface area (Å²) in [6.07, 6.45) is 0.798. The fraction of sp³-hybridized carbons (Fsp3) is 0.278. The molecule has 2 aromatic carbocycles. The van der Waals surface area contributed by atoms with Gasteiger partial charge in [0.25, 0.3) is 21.6 Å². The number of benzene rings is 2. The van der Waals surface area contributed by atoms with Crippen LogP contribution in [0.25, 0.3) is 0 Å². The average molecular weight is 391 g/mol. The predicted molar refractivity (Wildman–Crippen MR) is 102 cm³/mol. The number of sulfonamides is 1. The number of nitro benzene ring substituents is 1. The number of hydrogen-bond acceptors (Lipinski definition) is 5. The lowest BCUT2D eigenvalue weighted by Gasteiger charge is -2.13. The molecule has 0 aromatic heterocycles. The van der Waals surface area contributed by atoms with E-state index in [0.717, 1.165) is 12.5 Å². The van der Waals surface area contributed by atoms with Gasteiger partial charge in [0.1, 0.15) is 0 Å². The average Bonchev–Trinajstić information content (AvgIpc) is 2.61. The molecule has 0 aliphatic heterocycles. The van der Waals surface area contributed by atoms with Crippen LogP contribution in [0.15, 0.2) is 47.4 Å². The molecule has 144 valence electrons. The summed E-state index contributed by atoms with van der Waals surface area (Å²) in [6, 6.07) is 9.64. The second-order valence-electron chi connectivity index (χ2n) is 6.17. The minimum atomic E-state index is -4.01. The third-order valence-corrected chi connectivity index (χ3v) is 5.58. The number of hydrogen-bond donors (Lipinski definition) is 2. The first kappa shape index (κ1) is 20.4. The third kappa shape index (κ3) is 5.04. The zero-order valence-corrected chi connectivity index (χ0v) is 16.0. The molecule has 9 heteroatoms. The van der Waals surface area contributed by atoms with Crippen molar-refractivity contribution in [3.63, 3.8) is 0 Å². The van der Waals surface area contributed by atoms with Crippen molar-refractivity contribution in [2.75, 3.05) is 4.72 Å². The molecule has 2 rings (SSSR count). The molecule has 0 heterocycles. The van der Waals surface area contributed by atoms with E-state index in [1.165, 1.54) is 36.4 Å². The topological polar surface area (TPSA) is 118 Å². The van der Waals surface area contributed by atoms with E-state index in [4.69, 9.17) is 0 Å². The molecule has 0 spiro atoms. The van der Waals surface area contributed by atoms with E-state index in [9.17, 15) is 23.3 Å². The van der Waals surface area contributed by atoms with Gasteiger partial charge >= 0.3 is 0 Å². The molecule has 0 aliphatic carbocycles. The minimum absolute atomic E-state index is 0.0347. The van der Waals surface area contributed by atoms with Gasteiger partial charge < -0.3 is 5.32 Å². The van der Waals surface area contributed by atoms with E-state index < -0.39 is 14.9 Å². The second-order valence-corrected chi connectivity index (χ2v) is 7.82. The summed E-state index contributed by atoms with van der Waals surface area (Å²) in [4.78, 5) is 22.1. The maximum atomic E-state index is 12.6. The van der Waals surface area contributed by atoms with Crippen molar-refractivity contribution in [3.05, 3.63) is 63.7 Å². The molecule has 1 unspecified atom stereocenters. The minimum Gasteiger partial charge on any atom is -0.350 e. The normalized spacial score (nSPS) is 12.3. The second kappa shape index (κ2) is 8.17. The van der Waals surface area contributed by atoms with Crippen molar-refractivity contribution in [1.29, 1.82) is 0 Å². The number of carbonyl (C=O) groups excluding carboxylic acids is 1. The lowest BCUT2D eigenvalue weighted by molar-refractivity contribution is -0.385. The molecular formula is C18H21N3O5S. The summed E-state index contributed by atoms with van der Waals surface area (Å²) in [5.41, 5.74) is 0.737. The Morgan fingerprint density at radius 3 is 2.37 bits per heavy atom. The van der Waals surface area contributed by atoms with Gasteiger partial charge in [-0.1, -0.05) is 13.0 Å². The van der Waals surface area contributed by atoms with Gasteiger partial charge in [0, 0.05) is 29.4 Å². The van der Waals surface area contributed by atoms with Gasteiger partial charge in [0.15, 0.2) is 0 Å². The molecule has 0 aliphatic rings. The molecule has 27 heavy (non-hydrogen) atoms. The number of nitrogens with one attached hydrogen (secondary N) is 2. The zero-order valence-electron chi connectivity index (χ0n) is 15.2. The molecule has 2 aromatic rings. The summed E-state index contributed by atoms with van der Waals surface area (Å²) in [6.45, 7) is 5.40. The van der Waals surface area contributed by atoms with Crippen LogP contribution in [0.5, 0.6) is 0 Å². The molecule has 2 N–H and O–H groups in total. The molecule has 1 amide bonds. The lowest BCUT2D eigenvalue weighted by Crippen LogP contribution is -2.31. The predicted octanol–water partition coefficient (Wildman–Crippen LogP) is 3.23. The zero-order chi connectivity index (χ0) is 20.2. The molecule has 0 fully saturated rings. The first-order valence-corrected chi connectivity index (χ1v) is 9.81. The third-order valence-electron chi connectivity index (χ3n) is 4.06. The van der Waals surface area contributed by atoms with Crippen molar-refractivity contribution < 1.29 is 18.1 Å². The van der Waals surface area contributed by atoms with E-state index in [0.29, 0.717) is 11.1 Å². The first-order chi connectivity index (χ1) is 12.6. The lowest BCUT2D eigenvalue weighted by atomic mass is 10.1. The number of non-ortho nitro benzene ring substituents is 1. The highest BCUT2D eigenvalue weighted by Gasteiger charge is 2.21. The van der Waals surface area contributed by atoms with E-state index in [2.05, 4.69) is 10.0 Å². The summed E-state index contributed by atoms with van der Waals surface area (Å²) in [5, 5.41) is 13.7. The van der Waals surface area contributed by atoms with Crippen LogP contribution in [-0.4, -0.2) is 25.3 Å². The number of nitro groups is 1. The van der Waals surface area contributed by atoms with Crippen molar-refractivity contribution in [3.8, 4) is 0 Å². The molecule has 0 saturated carbocycles. The number of carbonyl (C=O) groups is 1. The van der Waals surface area contributed by atoms with Crippen LogP contribution in [0.4, 0.5) is 11.4 Å². The van der Waals surface area contributed by atoms with Gasteiger partial charge in [0.2, 0.25) is 0 Å². The van der Waals surface area contributed by atoms with Crippen molar-refractivity contribution >= 4 is 27.3 Å². The van der Waals surface area contributed by atoms with Crippen LogP contribution in [0.2, 0.25) is 0 Å². The maximum Gasteiger partial charge on any atom is 0.270 e. The Balaban J connectivity index is 2.22. The van der Waals surface area contributed by atoms with Gasteiger partial charge in [-0.25, -0.2) is 8.42 Å². The van der Waals surface area contributed by atoms with Gasteiger partial charge in [-0.05, 0) is 50.1 Å². The van der Waals surface area contributed by atoms with Crippen LogP contribution in [-0.2, 0) is 10.0 Å². The number of aryl methyl sites for hydroxylation is 1. The number of anilines is 1. The quantitative estimate of drug-likeness (QED) is 0.555. The molecule has 8 nitrogen and oxygen atoms in total. The van der Waals surface area contributed by atoms with Crippen molar-refractivity contribution in [2.24, 2.45) is 0 Å². The van der Waals surface area contributed by atoms with Gasteiger partial charge in [-0.3, -0.25) is 19.6 Å². The Kier molecular flexibility index (Phi) is 6.17. The molecule has 0 saturated heterocycles. The highest BCUT2D eigenvalue weighted by Crippen LogP contribution is 2.24. The number of amides is 1. The Hall–Kier alpha value is -2.94. The Morgan fingerprint density at radius 1 is 1.19 bits per heavy atom.